The molecule has 11 heteroatoms. The van der Waals surface area contributed by atoms with E-state index in [1.54, 1.807) is 18.5 Å². The molecule has 0 saturated heterocycles. The lowest BCUT2D eigenvalue weighted by Crippen LogP contribution is -2.21. The summed E-state index contributed by atoms with van der Waals surface area (Å²) < 4.78 is 40.1. The van der Waals surface area contributed by atoms with Crippen LogP contribution in [0.3, 0.4) is 0 Å². The summed E-state index contributed by atoms with van der Waals surface area (Å²) in [5.74, 6) is -0.463. The summed E-state index contributed by atoms with van der Waals surface area (Å²) in [6, 6.07) is 14.8. The van der Waals surface area contributed by atoms with E-state index in [-0.39, 0.29) is 6.54 Å². The number of aromatic amines is 2. The number of halogens is 1. The number of nitrogens with one attached hydrogen (secondary N) is 4. The monoisotopic (exact) mass is 569 g/mol. The van der Waals surface area contributed by atoms with E-state index in [4.69, 9.17) is 0 Å². The van der Waals surface area contributed by atoms with Gasteiger partial charge in [0.2, 0.25) is 10.0 Å². The Labute approximate surface area is 236 Å². The Morgan fingerprint density at radius 2 is 1.66 bits per heavy atom. The zero-order valence-electron chi connectivity index (χ0n) is 22.5. The Morgan fingerprint density at radius 1 is 0.829 bits per heavy atom. The molecule has 0 bridgehead atoms. The van der Waals surface area contributed by atoms with Gasteiger partial charge < -0.3 is 10.3 Å². The molecule has 0 atom stereocenters. The van der Waals surface area contributed by atoms with Crippen molar-refractivity contribution in [3.05, 3.63) is 90.3 Å². The molecule has 4 N–H and O–H groups in total. The van der Waals surface area contributed by atoms with Gasteiger partial charge in [-0.3, -0.25) is 15.1 Å². The van der Waals surface area contributed by atoms with Crippen LogP contribution in [0.25, 0.3) is 55.4 Å². The van der Waals surface area contributed by atoms with E-state index in [9.17, 15) is 12.8 Å². The summed E-state index contributed by atoms with van der Waals surface area (Å²) in [5.41, 5.74) is 8.17. The largest absolute Gasteiger partial charge is 0.352 e. The van der Waals surface area contributed by atoms with Crippen molar-refractivity contribution in [3.8, 4) is 33.6 Å². The van der Waals surface area contributed by atoms with Gasteiger partial charge >= 0.3 is 0 Å². The standard InChI is InChI=1S/C30H28FN7O2S/c1-3-32-12-19-7-22(15-33-13-19)20-4-5-27-25(10-20)30(38-37-27)28-11-24-26(16-34-17-29(24)36-28)21-6-18(8-23(31)9-21)14-35-41(2,39)40/h4-11,13,15-17,32,35-36H,3,12,14H2,1-2H3,(H,37,38). The summed E-state index contributed by atoms with van der Waals surface area (Å²) in [7, 11) is -3.42. The molecule has 9 nitrogen and oxygen atoms in total. The van der Waals surface area contributed by atoms with Crippen molar-refractivity contribution >= 4 is 31.8 Å². The number of benzene rings is 2. The lowest BCUT2D eigenvalue weighted by Gasteiger charge is -2.08. The molecule has 0 radical (unpaired) electrons. The van der Waals surface area contributed by atoms with Crippen LogP contribution >= 0.6 is 0 Å². The van der Waals surface area contributed by atoms with Crippen molar-refractivity contribution in [2.75, 3.05) is 12.8 Å². The number of sulfonamides is 1. The Balaban J connectivity index is 1.39. The molecule has 0 amide bonds. The Bertz CT molecular complexity index is 2000. The summed E-state index contributed by atoms with van der Waals surface area (Å²) >= 11 is 0. The molecule has 0 aliphatic rings. The number of nitrogens with zero attached hydrogens (tertiary/aromatic N) is 3. The van der Waals surface area contributed by atoms with Crippen molar-refractivity contribution in [2.45, 2.75) is 20.0 Å². The molecule has 41 heavy (non-hydrogen) atoms. The van der Waals surface area contributed by atoms with Gasteiger partial charge in [0.1, 0.15) is 11.5 Å². The van der Waals surface area contributed by atoms with E-state index >= 15 is 0 Å². The number of aromatic nitrogens is 5. The normalized spacial score (nSPS) is 12.0. The van der Waals surface area contributed by atoms with Crippen LogP contribution in [0.2, 0.25) is 0 Å². The number of rotatable bonds is 9. The first-order valence-electron chi connectivity index (χ1n) is 13.1. The van der Waals surface area contributed by atoms with Gasteiger partial charge in [0.15, 0.2) is 0 Å². The SMILES string of the molecule is CCNCc1cncc(-c2ccc3[nH]nc(-c4cc5c(-c6cc(F)cc(CNS(C)(=O)=O)c6)cncc5[nH]4)c3c2)c1. The first kappa shape index (κ1) is 26.8. The second kappa shape index (κ2) is 10.8. The Morgan fingerprint density at radius 3 is 2.49 bits per heavy atom. The van der Waals surface area contributed by atoms with Crippen LogP contribution in [0.1, 0.15) is 18.1 Å². The number of pyridine rings is 2. The van der Waals surface area contributed by atoms with Crippen LogP contribution < -0.4 is 10.0 Å². The topological polar surface area (TPSA) is 128 Å². The smallest absolute Gasteiger partial charge is 0.209 e. The molecule has 0 aliphatic heterocycles. The maximum absolute atomic E-state index is 14.6. The third kappa shape index (κ3) is 5.73. The van der Waals surface area contributed by atoms with Crippen LogP contribution in [0, 0.1) is 5.82 Å². The fraction of sp³-hybridized carbons (Fsp3) is 0.167. The summed E-state index contributed by atoms with van der Waals surface area (Å²) in [6.45, 7) is 3.70. The van der Waals surface area contributed by atoms with Gasteiger partial charge in [0, 0.05) is 53.6 Å². The van der Waals surface area contributed by atoms with Gasteiger partial charge in [-0.25, -0.2) is 17.5 Å². The van der Waals surface area contributed by atoms with Crippen LogP contribution in [-0.2, 0) is 23.1 Å². The van der Waals surface area contributed by atoms with Crippen LogP contribution in [-0.4, -0.2) is 46.4 Å². The molecule has 4 aromatic heterocycles. The first-order chi connectivity index (χ1) is 19.8. The maximum atomic E-state index is 14.6. The second-order valence-electron chi connectivity index (χ2n) is 9.97. The molecular weight excluding hydrogens is 541 g/mol. The lowest BCUT2D eigenvalue weighted by molar-refractivity contribution is 0.586. The van der Waals surface area contributed by atoms with E-state index in [1.165, 1.54) is 12.1 Å². The summed E-state index contributed by atoms with van der Waals surface area (Å²) in [6.07, 6.45) is 8.19. The second-order valence-corrected chi connectivity index (χ2v) is 11.8. The van der Waals surface area contributed by atoms with E-state index in [0.717, 1.165) is 69.2 Å². The molecule has 6 rings (SSSR count). The fourth-order valence-corrected chi connectivity index (χ4v) is 5.37. The van der Waals surface area contributed by atoms with Crippen molar-refractivity contribution < 1.29 is 12.8 Å². The minimum absolute atomic E-state index is 0.0134. The van der Waals surface area contributed by atoms with Crippen LogP contribution in [0.5, 0.6) is 0 Å². The molecule has 6 aromatic rings. The number of H-pyrrole nitrogens is 2. The molecule has 4 heterocycles. The highest BCUT2D eigenvalue weighted by Gasteiger charge is 2.16. The van der Waals surface area contributed by atoms with E-state index in [1.807, 2.05) is 30.6 Å². The molecule has 0 unspecified atom stereocenters. The number of hydrogen-bond donors (Lipinski definition) is 4. The van der Waals surface area contributed by atoms with Gasteiger partial charge in [0.25, 0.3) is 0 Å². The predicted octanol–water partition coefficient (Wildman–Crippen LogP) is 5.13. The lowest BCUT2D eigenvalue weighted by atomic mass is 10.0. The minimum Gasteiger partial charge on any atom is -0.352 e. The fourth-order valence-electron chi connectivity index (χ4n) is 4.94. The van der Waals surface area contributed by atoms with Crippen molar-refractivity contribution in [2.24, 2.45) is 0 Å². The van der Waals surface area contributed by atoms with E-state index in [0.29, 0.717) is 16.7 Å². The zero-order valence-corrected chi connectivity index (χ0v) is 23.3. The van der Waals surface area contributed by atoms with Gasteiger partial charge in [-0.05, 0) is 71.3 Å². The predicted molar refractivity (Wildman–Crippen MR) is 159 cm³/mol. The highest BCUT2D eigenvalue weighted by atomic mass is 32.2. The van der Waals surface area contributed by atoms with Gasteiger partial charge in [-0.2, -0.15) is 5.10 Å². The van der Waals surface area contributed by atoms with Crippen LogP contribution in [0.15, 0.2) is 73.3 Å². The molecule has 0 aliphatic carbocycles. The van der Waals surface area contributed by atoms with E-state index < -0.39 is 15.8 Å². The Kier molecular flexibility index (Phi) is 7.08. The summed E-state index contributed by atoms with van der Waals surface area (Å²) in [5, 5.41) is 12.8. The summed E-state index contributed by atoms with van der Waals surface area (Å²) in [4.78, 5) is 12.2. The average molecular weight is 570 g/mol. The van der Waals surface area contributed by atoms with E-state index in [2.05, 4.69) is 54.2 Å². The number of hydrogen-bond acceptors (Lipinski definition) is 6. The highest BCUT2D eigenvalue weighted by molar-refractivity contribution is 7.88. The molecule has 208 valence electrons. The molecular formula is C30H28FN7O2S. The highest BCUT2D eigenvalue weighted by Crippen LogP contribution is 2.35. The molecule has 0 spiro atoms. The zero-order chi connectivity index (χ0) is 28.6. The third-order valence-electron chi connectivity index (χ3n) is 6.88. The molecule has 0 fully saturated rings. The van der Waals surface area contributed by atoms with Gasteiger partial charge in [-0.1, -0.05) is 13.0 Å². The average Bonchev–Trinajstić information content (AvgIpc) is 3.58. The van der Waals surface area contributed by atoms with Gasteiger partial charge in [-0.15, -0.1) is 0 Å². The van der Waals surface area contributed by atoms with Crippen LogP contribution in [0.4, 0.5) is 4.39 Å². The van der Waals surface area contributed by atoms with Gasteiger partial charge in [0.05, 0.1) is 29.2 Å². The Hall–Kier alpha value is -4.45. The maximum Gasteiger partial charge on any atom is 0.209 e. The molecule has 2 aromatic carbocycles. The van der Waals surface area contributed by atoms with Crippen molar-refractivity contribution in [3.63, 3.8) is 0 Å². The quantitative estimate of drug-likeness (QED) is 0.191. The third-order valence-corrected chi connectivity index (χ3v) is 7.55. The first-order valence-corrected chi connectivity index (χ1v) is 15.0. The minimum atomic E-state index is -3.42. The number of fused-ring (bicyclic) bond motifs is 2. The molecule has 0 saturated carbocycles. The van der Waals surface area contributed by atoms with Crippen molar-refractivity contribution in [1.82, 2.24) is 35.2 Å². The van der Waals surface area contributed by atoms with Crippen molar-refractivity contribution in [1.29, 1.82) is 0 Å².